The number of amides is 1. The first-order chi connectivity index (χ1) is 11.1. The molecule has 1 aromatic heterocycles. The van der Waals surface area contributed by atoms with Crippen molar-refractivity contribution in [3.63, 3.8) is 0 Å². The number of aliphatic hydroxyl groups excluding tert-OH is 1. The van der Waals surface area contributed by atoms with E-state index in [1.807, 2.05) is 43.3 Å². The molecule has 5 nitrogen and oxygen atoms in total. The molecule has 3 aromatic rings. The van der Waals surface area contributed by atoms with Gasteiger partial charge in [-0.05, 0) is 24.1 Å². The van der Waals surface area contributed by atoms with E-state index < -0.39 is 6.10 Å². The highest BCUT2D eigenvalue weighted by atomic mass is 16.3. The molecule has 5 heteroatoms. The lowest BCUT2D eigenvalue weighted by molar-refractivity contribution is -0.123. The molecule has 3 N–H and O–H groups in total. The van der Waals surface area contributed by atoms with E-state index in [0.717, 1.165) is 22.2 Å². The predicted molar refractivity (Wildman–Crippen MR) is 88.7 cm³/mol. The van der Waals surface area contributed by atoms with Gasteiger partial charge in [0, 0.05) is 0 Å². The third-order valence-electron chi connectivity index (χ3n) is 3.78. The van der Waals surface area contributed by atoms with Gasteiger partial charge in [0.05, 0.1) is 30.1 Å². The fraction of sp³-hybridized carbons (Fsp3) is 0.222. The minimum Gasteiger partial charge on any atom is -0.388 e. The van der Waals surface area contributed by atoms with Gasteiger partial charge >= 0.3 is 0 Å². The number of hydrogen-bond donors (Lipinski definition) is 3. The molecule has 0 spiro atoms. The smallest absolute Gasteiger partial charge is 0.223 e. The Bertz CT molecular complexity index is 812. The predicted octanol–water partition coefficient (Wildman–Crippen LogP) is 2.61. The first-order valence-electron chi connectivity index (χ1n) is 7.57. The number of rotatable bonds is 5. The van der Waals surface area contributed by atoms with Gasteiger partial charge in [0.1, 0.15) is 5.82 Å². The molecule has 1 atom stereocenters. The van der Waals surface area contributed by atoms with Gasteiger partial charge in [-0.1, -0.05) is 42.5 Å². The Morgan fingerprint density at radius 3 is 2.74 bits per heavy atom. The van der Waals surface area contributed by atoms with Gasteiger partial charge in [-0.15, -0.1) is 0 Å². The number of aryl methyl sites for hydroxylation is 1. The number of carbonyl (C=O) groups excluding carboxylic acids is 1. The van der Waals surface area contributed by atoms with Crippen LogP contribution in [0.25, 0.3) is 11.0 Å². The summed E-state index contributed by atoms with van der Waals surface area (Å²) in [5, 5.41) is 12.8. The Labute approximate surface area is 134 Å². The molecule has 0 aliphatic carbocycles. The molecule has 1 heterocycles. The fourth-order valence-corrected chi connectivity index (χ4v) is 2.53. The second-order valence-corrected chi connectivity index (χ2v) is 5.56. The van der Waals surface area contributed by atoms with Gasteiger partial charge in [0.2, 0.25) is 5.91 Å². The van der Waals surface area contributed by atoms with Crippen molar-refractivity contribution in [1.82, 2.24) is 15.3 Å². The van der Waals surface area contributed by atoms with Crippen LogP contribution in [0.1, 0.15) is 29.5 Å². The van der Waals surface area contributed by atoms with Crippen LogP contribution < -0.4 is 5.32 Å². The summed E-state index contributed by atoms with van der Waals surface area (Å²) in [4.78, 5) is 19.6. The SMILES string of the molecule is Cc1cccc2[nH]c(CNC(=O)CC(O)c3ccccc3)nc12. The molecule has 0 saturated heterocycles. The van der Waals surface area contributed by atoms with Crippen molar-refractivity contribution < 1.29 is 9.90 Å². The quantitative estimate of drug-likeness (QED) is 0.678. The Hall–Kier alpha value is -2.66. The maximum atomic E-state index is 12.0. The second kappa shape index (κ2) is 6.62. The van der Waals surface area contributed by atoms with Crippen LogP contribution in [0.3, 0.4) is 0 Å². The Morgan fingerprint density at radius 1 is 1.22 bits per heavy atom. The van der Waals surface area contributed by atoms with Gasteiger partial charge in [-0.25, -0.2) is 4.98 Å². The maximum Gasteiger partial charge on any atom is 0.223 e. The minimum absolute atomic E-state index is 0.0310. The average Bonchev–Trinajstić information content (AvgIpc) is 2.98. The molecule has 2 aromatic carbocycles. The normalized spacial score (nSPS) is 12.3. The number of nitrogens with one attached hydrogen (secondary N) is 2. The lowest BCUT2D eigenvalue weighted by Crippen LogP contribution is -2.25. The number of aromatic nitrogens is 2. The van der Waals surface area contributed by atoms with Crippen LogP contribution in [-0.2, 0) is 11.3 Å². The lowest BCUT2D eigenvalue weighted by Gasteiger charge is -2.10. The summed E-state index contributed by atoms with van der Waals surface area (Å²) in [7, 11) is 0. The summed E-state index contributed by atoms with van der Waals surface area (Å²) in [6, 6.07) is 15.1. The van der Waals surface area contributed by atoms with E-state index in [4.69, 9.17) is 0 Å². The molecule has 0 saturated carbocycles. The topological polar surface area (TPSA) is 78.0 Å². The highest BCUT2D eigenvalue weighted by Gasteiger charge is 2.13. The van der Waals surface area contributed by atoms with Crippen LogP contribution in [0.15, 0.2) is 48.5 Å². The maximum absolute atomic E-state index is 12.0. The van der Waals surface area contributed by atoms with E-state index in [9.17, 15) is 9.90 Å². The molecule has 0 fully saturated rings. The first-order valence-corrected chi connectivity index (χ1v) is 7.57. The van der Waals surface area contributed by atoms with Crippen LogP contribution in [-0.4, -0.2) is 21.0 Å². The van der Waals surface area contributed by atoms with Gasteiger partial charge in [0.25, 0.3) is 0 Å². The summed E-state index contributed by atoms with van der Waals surface area (Å²) < 4.78 is 0. The van der Waals surface area contributed by atoms with Crippen molar-refractivity contribution in [3.05, 3.63) is 65.5 Å². The molecular formula is C18H19N3O2. The minimum atomic E-state index is -0.797. The molecule has 0 aliphatic rings. The Balaban J connectivity index is 1.59. The Kier molecular flexibility index (Phi) is 4.39. The first kappa shape index (κ1) is 15.2. The van der Waals surface area contributed by atoms with E-state index in [2.05, 4.69) is 15.3 Å². The average molecular weight is 309 g/mol. The highest BCUT2D eigenvalue weighted by Crippen LogP contribution is 2.17. The van der Waals surface area contributed by atoms with Gasteiger partial charge in [0.15, 0.2) is 0 Å². The number of H-pyrrole nitrogens is 1. The van der Waals surface area contributed by atoms with E-state index in [-0.39, 0.29) is 12.3 Å². The molecule has 3 rings (SSSR count). The summed E-state index contributed by atoms with van der Waals surface area (Å²) in [5.74, 6) is 0.496. The molecule has 0 aliphatic heterocycles. The van der Waals surface area contributed by atoms with E-state index in [0.29, 0.717) is 12.4 Å². The number of para-hydroxylation sites is 1. The molecule has 1 amide bonds. The van der Waals surface area contributed by atoms with E-state index in [1.54, 1.807) is 12.1 Å². The second-order valence-electron chi connectivity index (χ2n) is 5.56. The van der Waals surface area contributed by atoms with E-state index >= 15 is 0 Å². The van der Waals surface area contributed by atoms with E-state index in [1.165, 1.54) is 0 Å². The van der Waals surface area contributed by atoms with Crippen molar-refractivity contribution >= 4 is 16.9 Å². The number of aromatic amines is 1. The zero-order valence-corrected chi connectivity index (χ0v) is 12.9. The summed E-state index contributed by atoms with van der Waals surface area (Å²) in [5.41, 5.74) is 3.71. The third-order valence-corrected chi connectivity index (χ3v) is 3.78. The summed E-state index contributed by atoms with van der Waals surface area (Å²) in [6.07, 6.45) is -0.766. The number of hydrogen-bond acceptors (Lipinski definition) is 3. The number of nitrogens with zero attached hydrogens (tertiary/aromatic N) is 1. The zero-order valence-electron chi connectivity index (χ0n) is 12.9. The molecule has 0 bridgehead atoms. The number of carbonyl (C=O) groups is 1. The lowest BCUT2D eigenvalue weighted by atomic mass is 10.1. The van der Waals surface area contributed by atoms with Gasteiger partial charge in [-0.3, -0.25) is 4.79 Å². The number of fused-ring (bicyclic) bond motifs is 1. The zero-order chi connectivity index (χ0) is 16.2. The number of aliphatic hydroxyl groups is 1. The Morgan fingerprint density at radius 2 is 2.00 bits per heavy atom. The molecule has 1 unspecified atom stereocenters. The van der Waals surface area contributed by atoms with Crippen LogP contribution in [0, 0.1) is 6.92 Å². The van der Waals surface area contributed by atoms with Crippen LogP contribution in [0.5, 0.6) is 0 Å². The highest BCUT2D eigenvalue weighted by molar-refractivity contribution is 5.79. The fourth-order valence-electron chi connectivity index (χ4n) is 2.53. The largest absolute Gasteiger partial charge is 0.388 e. The number of imidazole rings is 1. The molecule has 118 valence electrons. The standard InChI is InChI=1S/C18H19N3O2/c1-12-6-5-9-14-18(12)21-16(20-14)11-19-17(23)10-15(22)13-7-3-2-4-8-13/h2-9,15,22H,10-11H2,1H3,(H,19,23)(H,20,21). The van der Waals surface area contributed by atoms with Crippen molar-refractivity contribution in [2.24, 2.45) is 0 Å². The van der Waals surface area contributed by atoms with Crippen molar-refractivity contribution in [1.29, 1.82) is 0 Å². The van der Waals surface area contributed by atoms with Crippen LogP contribution in [0.4, 0.5) is 0 Å². The number of benzene rings is 2. The monoisotopic (exact) mass is 309 g/mol. The summed E-state index contributed by atoms with van der Waals surface area (Å²) >= 11 is 0. The third kappa shape index (κ3) is 3.57. The van der Waals surface area contributed by atoms with Gasteiger partial charge in [-0.2, -0.15) is 0 Å². The molecule has 0 radical (unpaired) electrons. The molecule has 23 heavy (non-hydrogen) atoms. The van der Waals surface area contributed by atoms with Crippen LogP contribution >= 0.6 is 0 Å². The van der Waals surface area contributed by atoms with Gasteiger partial charge < -0.3 is 15.4 Å². The molecular weight excluding hydrogens is 290 g/mol. The van der Waals surface area contributed by atoms with Crippen molar-refractivity contribution in [3.8, 4) is 0 Å². The summed E-state index contributed by atoms with van der Waals surface area (Å²) in [6.45, 7) is 2.32. The van der Waals surface area contributed by atoms with Crippen LogP contribution in [0.2, 0.25) is 0 Å². The van der Waals surface area contributed by atoms with Crippen molar-refractivity contribution in [2.75, 3.05) is 0 Å². The van der Waals surface area contributed by atoms with Crippen molar-refractivity contribution in [2.45, 2.75) is 26.0 Å².